The van der Waals surface area contributed by atoms with E-state index in [0.717, 1.165) is 23.4 Å². The molecule has 0 saturated heterocycles. The van der Waals surface area contributed by atoms with Crippen LogP contribution in [0.15, 0.2) is 47.0 Å². The first-order valence-corrected chi connectivity index (χ1v) is 11.1. The molecule has 0 spiro atoms. The molecule has 6 nitrogen and oxygen atoms in total. The van der Waals surface area contributed by atoms with Crippen molar-refractivity contribution in [3.63, 3.8) is 0 Å². The summed E-state index contributed by atoms with van der Waals surface area (Å²) < 4.78 is 25.5. The Hall–Kier alpha value is -2.74. The molecule has 0 radical (unpaired) electrons. The van der Waals surface area contributed by atoms with Crippen molar-refractivity contribution in [1.82, 2.24) is 9.88 Å². The zero-order valence-corrected chi connectivity index (χ0v) is 18.7. The highest BCUT2D eigenvalue weighted by Gasteiger charge is 2.32. The van der Waals surface area contributed by atoms with Gasteiger partial charge in [-0.2, -0.15) is 0 Å². The van der Waals surface area contributed by atoms with E-state index in [9.17, 15) is 9.18 Å². The van der Waals surface area contributed by atoms with E-state index < -0.39 is 11.4 Å². The van der Waals surface area contributed by atoms with Crippen LogP contribution in [0, 0.1) is 5.82 Å². The summed E-state index contributed by atoms with van der Waals surface area (Å²) in [6, 6.07) is 6.14. The SMILES string of the molecule is CC(C)(C)OC(=O)N1CC=C(C2Cc3nccc(Oc4ccc(N)cc4F)c3S2)CC1. The molecule has 2 aliphatic heterocycles. The number of pyridine rings is 1. The lowest BCUT2D eigenvalue weighted by Crippen LogP contribution is -2.39. The van der Waals surface area contributed by atoms with Gasteiger partial charge in [0.1, 0.15) is 11.4 Å². The number of amides is 1. The topological polar surface area (TPSA) is 77.7 Å². The van der Waals surface area contributed by atoms with Crippen molar-refractivity contribution in [3.8, 4) is 11.5 Å². The Morgan fingerprint density at radius 3 is 2.77 bits per heavy atom. The van der Waals surface area contributed by atoms with Crippen molar-refractivity contribution < 1.29 is 18.7 Å². The third kappa shape index (κ3) is 4.95. The zero-order valence-electron chi connectivity index (χ0n) is 17.9. The van der Waals surface area contributed by atoms with Gasteiger partial charge in [-0.1, -0.05) is 11.6 Å². The van der Waals surface area contributed by atoms with Crippen molar-refractivity contribution in [2.75, 3.05) is 18.8 Å². The number of aromatic nitrogens is 1. The molecule has 164 valence electrons. The van der Waals surface area contributed by atoms with Gasteiger partial charge < -0.3 is 20.1 Å². The fourth-order valence-corrected chi connectivity index (χ4v) is 4.97. The standard InChI is InChI=1S/C23H26FN3O3S/c1-23(2,3)30-22(28)27-10-7-14(8-11-27)20-13-17-21(31-20)19(6-9-26-17)29-18-5-4-15(25)12-16(18)24/h4-7,9,12,20H,8,10-11,13,25H2,1-3H3. The minimum absolute atomic E-state index is 0.136. The molecule has 1 aromatic heterocycles. The smallest absolute Gasteiger partial charge is 0.410 e. The normalized spacial score (nSPS) is 18.4. The lowest BCUT2D eigenvalue weighted by Gasteiger charge is -2.30. The molecule has 2 aromatic rings. The largest absolute Gasteiger partial charge is 0.453 e. The van der Waals surface area contributed by atoms with Gasteiger partial charge in [-0.05, 0) is 39.3 Å². The van der Waals surface area contributed by atoms with E-state index in [1.807, 2.05) is 20.8 Å². The van der Waals surface area contributed by atoms with E-state index in [1.165, 1.54) is 17.7 Å². The predicted octanol–water partition coefficient (Wildman–Crippen LogP) is 5.18. The number of carbonyl (C=O) groups is 1. The van der Waals surface area contributed by atoms with Gasteiger partial charge >= 0.3 is 6.09 Å². The van der Waals surface area contributed by atoms with Crippen molar-refractivity contribution >= 4 is 23.5 Å². The fraction of sp³-hybridized carbons (Fsp3) is 0.391. The first-order chi connectivity index (χ1) is 14.7. The van der Waals surface area contributed by atoms with Crippen LogP contribution in [0.1, 0.15) is 32.9 Å². The highest BCUT2D eigenvalue weighted by molar-refractivity contribution is 8.00. The summed E-state index contributed by atoms with van der Waals surface area (Å²) in [5, 5.41) is 0.226. The van der Waals surface area contributed by atoms with Crippen molar-refractivity contribution in [1.29, 1.82) is 0 Å². The lowest BCUT2D eigenvalue weighted by molar-refractivity contribution is 0.0265. The third-order valence-corrected chi connectivity index (χ3v) is 6.49. The Balaban J connectivity index is 1.45. The summed E-state index contributed by atoms with van der Waals surface area (Å²) in [5.74, 6) is 0.229. The van der Waals surface area contributed by atoms with Crippen LogP contribution in [0.2, 0.25) is 0 Å². The van der Waals surface area contributed by atoms with Crippen molar-refractivity contribution in [2.45, 2.75) is 49.4 Å². The molecule has 0 saturated carbocycles. The molecule has 3 heterocycles. The maximum absolute atomic E-state index is 14.2. The molecule has 1 unspecified atom stereocenters. The molecule has 4 rings (SSSR count). The maximum atomic E-state index is 14.2. The Bertz CT molecular complexity index is 1040. The van der Waals surface area contributed by atoms with E-state index in [2.05, 4.69) is 11.1 Å². The van der Waals surface area contributed by atoms with Crippen LogP contribution in [-0.2, 0) is 11.2 Å². The van der Waals surface area contributed by atoms with Gasteiger partial charge in [-0.25, -0.2) is 9.18 Å². The quantitative estimate of drug-likeness (QED) is 0.520. The molecular formula is C23H26FN3O3S. The Labute approximate surface area is 185 Å². The first-order valence-electron chi connectivity index (χ1n) is 10.2. The average Bonchev–Trinajstić information content (AvgIpc) is 3.14. The minimum Gasteiger partial charge on any atom is -0.453 e. The van der Waals surface area contributed by atoms with E-state index in [-0.39, 0.29) is 17.1 Å². The van der Waals surface area contributed by atoms with Crippen LogP contribution in [0.3, 0.4) is 0 Å². The molecule has 2 aliphatic rings. The number of nitrogens with zero attached hydrogens (tertiary/aromatic N) is 2. The monoisotopic (exact) mass is 443 g/mol. The van der Waals surface area contributed by atoms with Crippen LogP contribution in [0.4, 0.5) is 14.9 Å². The minimum atomic E-state index is -0.504. The van der Waals surface area contributed by atoms with Crippen LogP contribution in [-0.4, -0.2) is 39.9 Å². The second-order valence-corrected chi connectivity index (χ2v) is 9.86. The number of fused-ring (bicyclic) bond motifs is 1. The molecule has 8 heteroatoms. The number of hydrogen-bond donors (Lipinski definition) is 1. The predicted molar refractivity (Wildman–Crippen MR) is 119 cm³/mol. The van der Waals surface area contributed by atoms with E-state index in [1.54, 1.807) is 35.0 Å². The number of carbonyl (C=O) groups excluding carboxylic acids is 1. The van der Waals surface area contributed by atoms with E-state index in [0.29, 0.717) is 24.5 Å². The average molecular weight is 444 g/mol. The van der Waals surface area contributed by atoms with Gasteiger partial charge in [0.25, 0.3) is 0 Å². The molecule has 1 aromatic carbocycles. The van der Waals surface area contributed by atoms with Gasteiger partial charge in [0.15, 0.2) is 11.6 Å². The molecule has 31 heavy (non-hydrogen) atoms. The molecule has 2 N–H and O–H groups in total. The summed E-state index contributed by atoms with van der Waals surface area (Å²) in [7, 11) is 0. The van der Waals surface area contributed by atoms with Crippen molar-refractivity contribution in [3.05, 3.63) is 53.6 Å². The number of rotatable bonds is 3. The van der Waals surface area contributed by atoms with Crippen molar-refractivity contribution in [2.24, 2.45) is 0 Å². The number of benzene rings is 1. The zero-order chi connectivity index (χ0) is 22.2. The van der Waals surface area contributed by atoms with Crippen LogP contribution in [0.5, 0.6) is 11.5 Å². The van der Waals surface area contributed by atoms with Crippen LogP contribution in [0.25, 0.3) is 0 Å². The third-order valence-electron chi connectivity index (χ3n) is 5.07. The number of nitrogen functional groups attached to an aromatic ring is 1. The number of anilines is 1. The fourth-order valence-electron chi connectivity index (χ4n) is 3.58. The van der Waals surface area contributed by atoms with Crippen LogP contribution < -0.4 is 10.5 Å². The van der Waals surface area contributed by atoms with Gasteiger partial charge in [-0.15, -0.1) is 11.8 Å². The Morgan fingerprint density at radius 2 is 2.10 bits per heavy atom. The first kappa shape index (κ1) is 21.5. The second-order valence-electron chi connectivity index (χ2n) is 8.64. The molecular weight excluding hydrogens is 417 g/mol. The molecule has 0 fully saturated rings. The molecule has 1 atom stereocenters. The second kappa shape index (κ2) is 8.42. The van der Waals surface area contributed by atoms with Gasteiger partial charge in [0.2, 0.25) is 0 Å². The summed E-state index contributed by atoms with van der Waals surface area (Å²) in [5.41, 5.74) is 7.70. The highest BCUT2D eigenvalue weighted by atomic mass is 32.2. The molecule has 0 bridgehead atoms. The van der Waals surface area contributed by atoms with E-state index in [4.69, 9.17) is 15.2 Å². The number of ether oxygens (including phenoxy) is 2. The van der Waals surface area contributed by atoms with Crippen LogP contribution >= 0.6 is 11.8 Å². The maximum Gasteiger partial charge on any atom is 0.410 e. The summed E-state index contributed by atoms with van der Waals surface area (Å²) >= 11 is 1.68. The summed E-state index contributed by atoms with van der Waals surface area (Å²) in [6.07, 6.45) is 5.07. The van der Waals surface area contributed by atoms with Gasteiger partial charge in [-0.3, -0.25) is 4.98 Å². The van der Waals surface area contributed by atoms with Gasteiger partial charge in [0.05, 0.1) is 10.6 Å². The number of thioether (sulfide) groups is 1. The molecule has 0 aliphatic carbocycles. The number of nitrogens with two attached hydrogens (primary N) is 1. The Kier molecular flexibility index (Phi) is 5.83. The molecule has 1 amide bonds. The number of halogens is 1. The van der Waals surface area contributed by atoms with Gasteiger partial charge in [0, 0.05) is 48.8 Å². The lowest BCUT2D eigenvalue weighted by atomic mass is 10.0. The highest BCUT2D eigenvalue weighted by Crippen LogP contribution is 2.46. The van der Waals surface area contributed by atoms with E-state index >= 15 is 0 Å². The Morgan fingerprint density at radius 1 is 1.29 bits per heavy atom. The summed E-state index contributed by atoms with van der Waals surface area (Å²) in [4.78, 5) is 19.4. The number of hydrogen-bond acceptors (Lipinski definition) is 6. The summed E-state index contributed by atoms with van der Waals surface area (Å²) in [6.45, 7) is 6.76.